The van der Waals surface area contributed by atoms with Gasteiger partial charge in [0.15, 0.2) is 0 Å². The van der Waals surface area contributed by atoms with E-state index in [2.05, 4.69) is 34.5 Å². The third-order valence-corrected chi connectivity index (χ3v) is 5.54. The van der Waals surface area contributed by atoms with E-state index in [0.29, 0.717) is 0 Å². The average molecular weight is 371 g/mol. The molecular formula is C19H28Cl2N2O. The van der Waals surface area contributed by atoms with Gasteiger partial charge in [0.25, 0.3) is 0 Å². The minimum absolute atomic E-state index is 0. The molecule has 3 nitrogen and oxygen atoms in total. The fraction of sp³-hybridized carbons (Fsp3) is 0.579. The highest BCUT2D eigenvalue weighted by Gasteiger charge is 2.27. The van der Waals surface area contributed by atoms with E-state index < -0.39 is 0 Å². The van der Waals surface area contributed by atoms with Gasteiger partial charge in [-0.05, 0) is 75.8 Å². The van der Waals surface area contributed by atoms with Crippen molar-refractivity contribution in [1.29, 1.82) is 0 Å². The van der Waals surface area contributed by atoms with Crippen LogP contribution in [0.2, 0.25) is 0 Å². The molecule has 0 aliphatic carbocycles. The molecule has 2 aromatic rings. The molecule has 0 amide bonds. The fourth-order valence-electron chi connectivity index (χ4n) is 4.23. The zero-order valence-electron chi connectivity index (χ0n) is 14.1. The van der Waals surface area contributed by atoms with Crippen LogP contribution in [0.3, 0.4) is 0 Å². The molecule has 1 N–H and O–H groups in total. The first kappa shape index (κ1) is 19.6. The van der Waals surface area contributed by atoms with Crippen molar-refractivity contribution in [2.75, 3.05) is 26.2 Å². The lowest BCUT2D eigenvalue weighted by Crippen LogP contribution is -2.39. The minimum Gasteiger partial charge on any atom is -0.460 e. The molecule has 0 radical (unpaired) electrons. The Morgan fingerprint density at radius 3 is 2.33 bits per heavy atom. The monoisotopic (exact) mass is 370 g/mol. The molecule has 2 fully saturated rings. The van der Waals surface area contributed by atoms with Gasteiger partial charge in [-0.15, -0.1) is 24.8 Å². The van der Waals surface area contributed by atoms with E-state index in [1.54, 1.807) is 0 Å². The lowest BCUT2D eigenvalue weighted by atomic mass is 9.79. The third-order valence-electron chi connectivity index (χ3n) is 5.54. The molecule has 5 heteroatoms. The van der Waals surface area contributed by atoms with Gasteiger partial charge in [0.1, 0.15) is 11.3 Å². The Balaban J connectivity index is 0.00000104. The lowest BCUT2D eigenvalue weighted by molar-refractivity contribution is 0.121. The summed E-state index contributed by atoms with van der Waals surface area (Å²) in [6.07, 6.45) is 5.50. The number of nitrogens with one attached hydrogen (secondary N) is 1. The van der Waals surface area contributed by atoms with E-state index in [0.717, 1.165) is 29.7 Å². The molecule has 2 aliphatic heterocycles. The summed E-state index contributed by atoms with van der Waals surface area (Å²) in [6, 6.07) is 10.5. The maximum absolute atomic E-state index is 5.96. The summed E-state index contributed by atoms with van der Waals surface area (Å²) in [7, 11) is 0. The molecule has 0 unspecified atom stereocenters. The quantitative estimate of drug-likeness (QED) is 0.862. The van der Waals surface area contributed by atoms with E-state index in [4.69, 9.17) is 4.42 Å². The second-order valence-corrected chi connectivity index (χ2v) is 6.95. The van der Waals surface area contributed by atoms with Crippen LogP contribution in [-0.4, -0.2) is 31.1 Å². The third kappa shape index (κ3) is 4.45. The highest BCUT2D eigenvalue weighted by molar-refractivity contribution is 5.85. The lowest BCUT2D eigenvalue weighted by Gasteiger charge is -2.37. The zero-order chi connectivity index (χ0) is 14.8. The fourth-order valence-corrected chi connectivity index (χ4v) is 4.23. The summed E-state index contributed by atoms with van der Waals surface area (Å²) >= 11 is 0. The van der Waals surface area contributed by atoms with Crippen molar-refractivity contribution in [3.8, 4) is 0 Å². The normalized spacial score (nSPS) is 20.5. The summed E-state index contributed by atoms with van der Waals surface area (Å²) in [5.74, 6) is 3.03. The smallest absolute Gasteiger partial charge is 0.134 e. The SMILES string of the molecule is Cl.Cl.c1ccc2oc(CN3CCC(C4CCNCC4)CC3)cc2c1. The van der Waals surface area contributed by atoms with Crippen LogP contribution in [0.4, 0.5) is 0 Å². The molecular weight excluding hydrogens is 343 g/mol. The number of furan rings is 1. The van der Waals surface area contributed by atoms with E-state index >= 15 is 0 Å². The number of hydrogen-bond donors (Lipinski definition) is 1. The second-order valence-electron chi connectivity index (χ2n) is 6.95. The van der Waals surface area contributed by atoms with E-state index in [9.17, 15) is 0 Å². The second kappa shape index (κ2) is 9.10. The van der Waals surface area contributed by atoms with Crippen molar-refractivity contribution in [3.05, 3.63) is 36.1 Å². The van der Waals surface area contributed by atoms with E-state index in [-0.39, 0.29) is 24.8 Å². The Hall–Kier alpha value is -0.740. The number of halogens is 2. The largest absolute Gasteiger partial charge is 0.460 e. The van der Waals surface area contributed by atoms with Crippen molar-refractivity contribution >= 4 is 35.8 Å². The van der Waals surface area contributed by atoms with Gasteiger partial charge in [-0.1, -0.05) is 18.2 Å². The Morgan fingerprint density at radius 2 is 1.62 bits per heavy atom. The van der Waals surface area contributed by atoms with Gasteiger partial charge in [-0.25, -0.2) is 0 Å². The number of para-hydroxylation sites is 1. The predicted molar refractivity (Wildman–Crippen MR) is 104 cm³/mol. The highest BCUT2D eigenvalue weighted by Crippen LogP contribution is 2.31. The van der Waals surface area contributed by atoms with Gasteiger partial charge >= 0.3 is 0 Å². The van der Waals surface area contributed by atoms with Crippen LogP contribution >= 0.6 is 24.8 Å². The first-order valence-corrected chi connectivity index (χ1v) is 8.79. The molecule has 3 heterocycles. The summed E-state index contributed by atoms with van der Waals surface area (Å²) in [5.41, 5.74) is 1.02. The van der Waals surface area contributed by atoms with E-state index in [1.165, 1.54) is 57.2 Å². The first-order valence-electron chi connectivity index (χ1n) is 8.79. The molecule has 0 saturated carbocycles. The van der Waals surface area contributed by atoms with Crippen LogP contribution in [-0.2, 0) is 6.54 Å². The van der Waals surface area contributed by atoms with Crippen molar-refractivity contribution in [2.24, 2.45) is 11.8 Å². The zero-order valence-corrected chi connectivity index (χ0v) is 15.7. The summed E-state index contributed by atoms with van der Waals surface area (Å²) in [6.45, 7) is 5.87. The van der Waals surface area contributed by atoms with Crippen LogP contribution in [0.1, 0.15) is 31.4 Å². The number of hydrogen-bond acceptors (Lipinski definition) is 3. The van der Waals surface area contributed by atoms with Crippen LogP contribution in [0.5, 0.6) is 0 Å². The average Bonchev–Trinajstić information content (AvgIpc) is 2.98. The van der Waals surface area contributed by atoms with Gasteiger partial charge in [0.05, 0.1) is 6.54 Å². The van der Waals surface area contributed by atoms with Crippen LogP contribution in [0.25, 0.3) is 11.0 Å². The Bertz CT molecular complexity index is 584. The maximum atomic E-state index is 5.96. The van der Waals surface area contributed by atoms with Gasteiger partial charge in [-0.2, -0.15) is 0 Å². The summed E-state index contributed by atoms with van der Waals surface area (Å²) in [4.78, 5) is 2.56. The maximum Gasteiger partial charge on any atom is 0.134 e. The molecule has 0 bridgehead atoms. The minimum atomic E-state index is 0. The predicted octanol–water partition coefficient (Wildman–Crippen LogP) is 4.49. The van der Waals surface area contributed by atoms with Gasteiger partial charge in [0, 0.05) is 5.39 Å². The Labute approximate surface area is 157 Å². The van der Waals surface area contributed by atoms with Gasteiger partial charge in [0.2, 0.25) is 0 Å². The topological polar surface area (TPSA) is 28.4 Å². The van der Waals surface area contributed by atoms with Crippen molar-refractivity contribution in [2.45, 2.75) is 32.2 Å². The Morgan fingerprint density at radius 1 is 0.958 bits per heavy atom. The molecule has 1 aromatic heterocycles. The number of rotatable bonds is 3. The van der Waals surface area contributed by atoms with Crippen LogP contribution in [0.15, 0.2) is 34.7 Å². The van der Waals surface area contributed by atoms with Crippen LogP contribution < -0.4 is 5.32 Å². The number of piperidine rings is 2. The number of fused-ring (bicyclic) bond motifs is 1. The van der Waals surface area contributed by atoms with Crippen LogP contribution in [0, 0.1) is 11.8 Å². The molecule has 134 valence electrons. The molecule has 2 saturated heterocycles. The highest BCUT2D eigenvalue weighted by atomic mass is 35.5. The Kier molecular flexibility index (Phi) is 7.42. The number of likely N-dealkylation sites (tertiary alicyclic amines) is 1. The van der Waals surface area contributed by atoms with Gasteiger partial charge in [-0.3, -0.25) is 4.90 Å². The standard InChI is InChI=1S/C19H26N2O.2ClH/c1-2-4-19-17(3-1)13-18(22-19)14-21-11-7-16(8-12-21)15-5-9-20-10-6-15;;/h1-4,13,15-16,20H,5-12,14H2;2*1H. The van der Waals surface area contributed by atoms with E-state index in [1.807, 2.05) is 6.07 Å². The molecule has 2 aliphatic rings. The van der Waals surface area contributed by atoms with Crippen molar-refractivity contribution in [3.63, 3.8) is 0 Å². The number of benzene rings is 1. The molecule has 1 aromatic carbocycles. The molecule has 0 spiro atoms. The molecule has 24 heavy (non-hydrogen) atoms. The molecule has 0 atom stereocenters. The van der Waals surface area contributed by atoms with Crippen molar-refractivity contribution < 1.29 is 4.42 Å². The van der Waals surface area contributed by atoms with Crippen molar-refractivity contribution in [1.82, 2.24) is 10.2 Å². The first-order chi connectivity index (χ1) is 10.9. The molecule has 4 rings (SSSR count). The number of nitrogens with zero attached hydrogens (tertiary/aromatic N) is 1. The van der Waals surface area contributed by atoms with Gasteiger partial charge < -0.3 is 9.73 Å². The summed E-state index contributed by atoms with van der Waals surface area (Å²) in [5, 5.41) is 4.71. The summed E-state index contributed by atoms with van der Waals surface area (Å²) < 4.78 is 5.96.